The van der Waals surface area contributed by atoms with Crippen molar-refractivity contribution < 1.29 is 0 Å². The highest BCUT2D eigenvalue weighted by molar-refractivity contribution is 7.10. The van der Waals surface area contributed by atoms with E-state index < -0.39 is 0 Å². The molecule has 0 aliphatic heterocycles. The SMILES string of the molecule is CCC(C)(C)c1scc(C(C)C)c1C(C)(C)C. The third-order valence-corrected chi connectivity index (χ3v) is 5.05. The lowest BCUT2D eigenvalue weighted by atomic mass is 9.75. The molecule has 1 heterocycles. The standard InChI is InChI=1S/C16H28S/c1-9-16(7,8)14-13(15(4,5)6)12(10-17-14)11(2)3/h10-11H,9H2,1-8H3. The van der Waals surface area contributed by atoms with Crippen LogP contribution in [0.25, 0.3) is 0 Å². The van der Waals surface area contributed by atoms with E-state index >= 15 is 0 Å². The molecule has 1 aromatic heterocycles. The molecule has 0 fully saturated rings. The zero-order valence-corrected chi connectivity index (χ0v) is 13.6. The summed E-state index contributed by atoms with van der Waals surface area (Å²) >= 11 is 1.96. The molecule has 0 N–H and O–H groups in total. The van der Waals surface area contributed by atoms with E-state index in [0.29, 0.717) is 11.3 Å². The predicted molar refractivity (Wildman–Crippen MR) is 80.4 cm³/mol. The molecular weight excluding hydrogens is 224 g/mol. The number of hydrogen-bond donors (Lipinski definition) is 0. The summed E-state index contributed by atoms with van der Waals surface area (Å²) in [6.07, 6.45) is 1.20. The summed E-state index contributed by atoms with van der Waals surface area (Å²) in [5, 5.41) is 2.39. The third kappa shape index (κ3) is 2.93. The maximum absolute atomic E-state index is 2.39. The van der Waals surface area contributed by atoms with Crippen molar-refractivity contribution in [3.05, 3.63) is 21.4 Å². The molecular formula is C16H28S. The predicted octanol–water partition coefficient (Wildman–Crippen LogP) is 5.86. The van der Waals surface area contributed by atoms with Crippen LogP contribution in [-0.4, -0.2) is 0 Å². The average Bonchev–Trinajstić information content (AvgIpc) is 2.61. The van der Waals surface area contributed by atoms with E-state index in [1.54, 1.807) is 16.0 Å². The van der Waals surface area contributed by atoms with E-state index in [-0.39, 0.29) is 5.41 Å². The fourth-order valence-corrected chi connectivity index (χ4v) is 3.87. The molecule has 0 aromatic carbocycles. The van der Waals surface area contributed by atoms with Gasteiger partial charge in [-0.1, -0.05) is 55.4 Å². The van der Waals surface area contributed by atoms with Crippen LogP contribution in [0.5, 0.6) is 0 Å². The highest BCUT2D eigenvalue weighted by Crippen LogP contribution is 2.44. The molecule has 1 heteroatoms. The summed E-state index contributed by atoms with van der Waals surface area (Å²) < 4.78 is 0. The Kier molecular flexibility index (Phi) is 4.13. The van der Waals surface area contributed by atoms with Gasteiger partial charge in [0.05, 0.1) is 0 Å². The van der Waals surface area contributed by atoms with Crippen molar-refractivity contribution in [2.75, 3.05) is 0 Å². The molecule has 0 aliphatic rings. The highest BCUT2D eigenvalue weighted by Gasteiger charge is 2.31. The molecule has 0 amide bonds. The molecule has 0 saturated heterocycles. The van der Waals surface area contributed by atoms with E-state index in [1.165, 1.54) is 6.42 Å². The molecule has 1 rings (SSSR count). The first-order valence-electron chi connectivity index (χ1n) is 6.73. The van der Waals surface area contributed by atoms with Gasteiger partial charge in [0.15, 0.2) is 0 Å². The van der Waals surface area contributed by atoms with Crippen molar-refractivity contribution in [2.45, 2.75) is 78.6 Å². The first kappa shape index (κ1) is 14.8. The van der Waals surface area contributed by atoms with E-state index in [9.17, 15) is 0 Å². The zero-order valence-electron chi connectivity index (χ0n) is 12.8. The van der Waals surface area contributed by atoms with Crippen molar-refractivity contribution >= 4 is 11.3 Å². The minimum atomic E-state index is 0.251. The third-order valence-electron chi connectivity index (χ3n) is 3.69. The van der Waals surface area contributed by atoms with Gasteiger partial charge in [-0.05, 0) is 39.7 Å². The normalized spacial score (nSPS) is 13.5. The highest BCUT2D eigenvalue weighted by atomic mass is 32.1. The molecule has 17 heavy (non-hydrogen) atoms. The Morgan fingerprint density at radius 2 is 1.65 bits per heavy atom. The van der Waals surface area contributed by atoms with Crippen molar-refractivity contribution in [1.29, 1.82) is 0 Å². The van der Waals surface area contributed by atoms with Crippen molar-refractivity contribution in [3.63, 3.8) is 0 Å². The number of hydrogen-bond acceptors (Lipinski definition) is 1. The van der Waals surface area contributed by atoms with Crippen LogP contribution < -0.4 is 0 Å². The molecule has 0 spiro atoms. The molecule has 0 nitrogen and oxygen atoms in total. The van der Waals surface area contributed by atoms with Gasteiger partial charge >= 0.3 is 0 Å². The van der Waals surface area contributed by atoms with Gasteiger partial charge in [0.25, 0.3) is 0 Å². The van der Waals surface area contributed by atoms with Crippen LogP contribution in [0.2, 0.25) is 0 Å². The van der Waals surface area contributed by atoms with Crippen molar-refractivity contribution in [1.82, 2.24) is 0 Å². The number of thiophene rings is 1. The van der Waals surface area contributed by atoms with Crippen LogP contribution >= 0.6 is 11.3 Å². The van der Waals surface area contributed by atoms with Crippen LogP contribution in [0.1, 0.15) is 83.7 Å². The lowest BCUT2D eigenvalue weighted by molar-refractivity contribution is 0.488. The summed E-state index contributed by atoms with van der Waals surface area (Å²) in [5.74, 6) is 0.627. The summed E-state index contributed by atoms with van der Waals surface area (Å²) in [5.41, 5.74) is 3.71. The largest absolute Gasteiger partial charge is 0.148 e. The second-order valence-electron chi connectivity index (χ2n) is 7.04. The average molecular weight is 252 g/mol. The van der Waals surface area contributed by atoms with Crippen LogP contribution in [0.15, 0.2) is 5.38 Å². The Morgan fingerprint density at radius 3 is 2.00 bits per heavy atom. The maximum Gasteiger partial charge on any atom is 0.0142 e. The van der Waals surface area contributed by atoms with Crippen molar-refractivity contribution in [2.24, 2.45) is 0 Å². The molecule has 98 valence electrons. The molecule has 0 radical (unpaired) electrons. The summed E-state index contributed by atoms with van der Waals surface area (Å²) in [6, 6.07) is 0. The van der Waals surface area contributed by atoms with Crippen LogP contribution in [0, 0.1) is 0 Å². The van der Waals surface area contributed by atoms with Gasteiger partial charge in [-0.2, -0.15) is 0 Å². The monoisotopic (exact) mass is 252 g/mol. The molecule has 1 aromatic rings. The second-order valence-corrected chi connectivity index (χ2v) is 7.92. The summed E-state index contributed by atoms with van der Waals surface area (Å²) in [7, 11) is 0. The van der Waals surface area contributed by atoms with Gasteiger partial charge in [0.2, 0.25) is 0 Å². The minimum absolute atomic E-state index is 0.251. The molecule has 0 unspecified atom stereocenters. The van der Waals surface area contributed by atoms with Gasteiger partial charge in [-0.15, -0.1) is 11.3 Å². The van der Waals surface area contributed by atoms with Crippen LogP contribution in [0.4, 0.5) is 0 Å². The quantitative estimate of drug-likeness (QED) is 0.632. The topological polar surface area (TPSA) is 0 Å². The van der Waals surface area contributed by atoms with E-state index in [2.05, 4.69) is 60.8 Å². The first-order valence-corrected chi connectivity index (χ1v) is 7.61. The first-order chi connectivity index (χ1) is 7.61. The maximum atomic E-state index is 2.39. The fourth-order valence-electron chi connectivity index (χ4n) is 2.23. The van der Waals surface area contributed by atoms with Crippen LogP contribution in [0.3, 0.4) is 0 Å². The Morgan fingerprint density at radius 1 is 1.12 bits per heavy atom. The molecule has 0 aliphatic carbocycles. The summed E-state index contributed by atoms with van der Waals surface area (Å²) in [6.45, 7) is 18.7. The van der Waals surface area contributed by atoms with E-state index in [4.69, 9.17) is 0 Å². The van der Waals surface area contributed by atoms with Gasteiger partial charge in [-0.25, -0.2) is 0 Å². The van der Waals surface area contributed by atoms with Gasteiger partial charge in [0.1, 0.15) is 0 Å². The van der Waals surface area contributed by atoms with Crippen LogP contribution in [-0.2, 0) is 10.8 Å². The van der Waals surface area contributed by atoms with E-state index in [1.807, 2.05) is 11.3 Å². The summed E-state index contributed by atoms with van der Waals surface area (Å²) in [4.78, 5) is 1.59. The van der Waals surface area contributed by atoms with Gasteiger partial charge in [-0.3, -0.25) is 0 Å². The molecule has 0 bridgehead atoms. The second kappa shape index (κ2) is 4.76. The number of rotatable bonds is 3. The lowest BCUT2D eigenvalue weighted by Gasteiger charge is -2.30. The van der Waals surface area contributed by atoms with Gasteiger partial charge < -0.3 is 0 Å². The van der Waals surface area contributed by atoms with Crippen molar-refractivity contribution in [3.8, 4) is 0 Å². The molecule has 0 saturated carbocycles. The van der Waals surface area contributed by atoms with Gasteiger partial charge in [0, 0.05) is 4.88 Å². The van der Waals surface area contributed by atoms with E-state index in [0.717, 1.165) is 0 Å². The minimum Gasteiger partial charge on any atom is -0.148 e. The molecule has 0 atom stereocenters. The zero-order chi connectivity index (χ0) is 13.4. The Bertz CT molecular complexity index is 375. The Hall–Kier alpha value is -0.300. The lowest BCUT2D eigenvalue weighted by Crippen LogP contribution is -2.23. The smallest absolute Gasteiger partial charge is 0.0142 e. The Balaban J connectivity index is 3.44. The Labute approximate surface area is 111 Å². The fraction of sp³-hybridized carbons (Fsp3) is 0.750.